The first kappa shape index (κ1) is 20.7. The summed E-state index contributed by atoms with van der Waals surface area (Å²) in [6.45, 7) is 7.52. The van der Waals surface area contributed by atoms with E-state index in [9.17, 15) is 4.79 Å². The fourth-order valence-electron chi connectivity index (χ4n) is 3.47. The molecule has 0 radical (unpaired) electrons. The number of halogens is 1. The summed E-state index contributed by atoms with van der Waals surface area (Å²) in [5, 5.41) is 7.21. The van der Waals surface area contributed by atoms with Crippen LogP contribution in [-0.2, 0) is 9.53 Å². The number of rotatable bonds is 6. The molecule has 2 N–H and O–H groups in total. The Morgan fingerprint density at radius 1 is 1.21 bits per heavy atom. The van der Waals surface area contributed by atoms with Crippen LogP contribution in [0.4, 0.5) is 5.69 Å². The number of aliphatic imine (C=N–C) groups is 1. The second-order valence-electron chi connectivity index (χ2n) is 7.06. The lowest BCUT2D eigenvalue weighted by molar-refractivity contribution is -0.129. The summed E-state index contributed by atoms with van der Waals surface area (Å²) in [5.74, 6) is 0.733. The standard InChI is InChI=1S/C20H30ClN5O2/c1-2-22-20(23-14-18-4-3-13-28-18)24-15-19(27)26-11-9-25(10-12-26)17-7-5-16(21)6-8-17/h5-8,18H,2-4,9-15H2,1H3,(H2,22,23,24). The van der Waals surface area contributed by atoms with Crippen molar-refractivity contribution in [2.24, 2.45) is 4.99 Å². The molecule has 2 aliphatic heterocycles. The highest BCUT2D eigenvalue weighted by molar-refractivity contribution is 6.30. The van der Waals surface area contributed by atoms with E-state index < -0.39 is 0 Å². The van der Waals surface area contributed by atoms with Crippen molar-refractivity contribution in [3.8, 4) is 0 Å². The number of hydrogen-bond acceptors (Lipinski definition) is 4. The second kappa shape index (κ2) is 10.5. The number of benzene rings is 1. The minimum Gasteiger partial charge on any atom is -0.376 e. The topological polar surface area (TPSA) is 69.2 Å². The number of carbonyl (C=O) groups is 1. The first-order valence-electron chi connectivity index (χ1n) is 10.1. The van der Waals surface area contributed by atoms with Crippen LogP contribution in [0.3, 0.4) is 0 Å². The van der Waals surface area contributed by atoms with Crippen LogP contribution in [0, 0.1) is 0 Å². The molecule has 1 unspecified atom stereocenters. The third-order valence-corrected chi connectivity index (χ3v) is 5.31. The fourth-order valence-corrected chi connectivity index (χ4v) is 3.60. The Morgan fingerprint density at radius 3 is 2.61 bits per heavy atom. The lowest BCUT2D eigenvalue weighted by Gasteiger charge is -2.36. The van der Waals surface area contributed by atoms with Crippen LogP contribution < -0.4 is 15.5 Å². The molecule has 0 spiro atoms. The van der Waals surface area contributed by atoms with Gasteiger partial charge in [-0.3, -0.25) is 4.79 Å². The Bertz CT molecular complexity index is 653. The average molecular weight is 408 g/mol. The molecule has 2 heterocycles. The number of amides is 1. The third kappa shape index (κ3) is 6.01. The van der Waals surface area contributed by atoms with Crippen molar-refractivity contribution in [2.75, 3.05) is 57.3 Å². The van der Waals surface area contributed by atoms with Crippen LogP contribution in [0.15, 0.2) is 29.3 Å². The molecular weight excluding hydrogens is 378 g/mol. The zero-order valence-corrected chi connectivity index (χ0v) is 17.2. The van der Waals surface area contributed by atoms with Gasteiger partial charge in [-0.05, 0) is 44.0 Å². The van der Waals surface area contributed by atoms with Crippen LogP contribution in [0.5, 0.6) is 0 Å². The molecule has 2 fully saturated rings. The van der Waals surface area contributed by atoms with Gasteiger partial charge in [-0.1, -0.05) is 11.6 Å². The number of nitrogens with one attached hydrogen (secondary N) is 2. The summed E-state index contributed by atoms with van der Waals surface area (Å²) < 4.78 is 5.62. The summed E-state index contributed by atoms with van der Waals surface area (Å²) in [6, 6.07) is 7.84. The second-order valence-corrected chi connectivity index (χ2v) is 7.49. The monoisotopic (exact) mass is 407 g/mol. The number of hydrogen-bond donors (Lipinski definition) is 2. The molecule has 1 atom stereocenters. The van der Waals surface area contributed by atoms with E-state index in [1.807, 2.05) is 36.1 Å². The molecule has 8 heteroatoms. The fraction of sp³-hybridized carbons (Fsp3) is 0.600. The summed E-state index contributed by atoms with van der Waals surface area (Å²) in [4.78, 5) is 21.2. The maximum atomic E-state index is 12.6. The SMILES string of the molecule is CCNC(=NCC(=O)N1CCN(c2ccc(Cl)cc2)CC1)NCC1CCCO1. The van der Waals surface area contributed by atoms with Crippen molar-refractivity contribution in [3.05, 3.63) is 29.3 Å². The van der Waals surface area contributed by atoms with Crippen LogP contribution in [-0.4, -0.2) is 75.3 Å². The molecular formula is C20H30ClN5O2. The number of nitrogens with zero attached hydrogens (tertiary/aromatic N) is 3. The van der Waals surface area contributed by atoms with Crippen LogP contribution in [0.25, 0.3) is 0 Å². The van der Waals surface area contributed by atoms with Crippen molar-refractivity contribution < 1.29 is 9.53 Å². The van der Waals surface area contributed by atoms with Crippen molar-refractivity contribution in [3.63, 3.8) is 0 Å². The first-order valence-corrected chi connectivity index (χ1v) is 10.5. The molecule has 2 aliphatic rings. The average Bonchev–Trinajstić information content (AvgIpc) is 3.24. The number of carbonyl (C=O) groups excluding carboxylic acids is 1. The molecule has 1 amide bonds. The highest BCUT2D eigenvalue weighted by atomic mass is 35.5. The van der Waals surface area contributed by atoms with E-state index in [0.717, 1.165) is 56.3 Å². The summed E-state index contributed by atoms with van der Waals surface area (Å²) >= 11 is 5.96. The van der Waals surface area contributed by atoms with Crippen LogP contribution in [0.1, 0.15) is 19.8 Å². The largest absolute Gasteiger partial charge is 0.376 e. The van der Waals surface area contributed by atoms with Crippen molar-refractivity contribution in [2.45, 2.75) is 25.9 Å². The third-order valence-electron chi connectivity index (χ3n) is 5.06. The van der Waals surface area contributed by atoms with Gasteiger partial charge in [-0.2, -0.15) is 0 Å². The van der Waals surface area contributed by atoms with Gasteiger partial charge in [-0.15, -0.1) is 0 Å². The Labute approximate surface area is 172 Å². The number of anilines is 1. The predicted molar refractivity (Wildman–Crippen MR) is 113 cm³/mol. The van der Waals surface area contributed by atoms with Gasteiger partial charge in [0, 0.05) is 56.6 Å². The molecule has 154 valence electrons. The Morgan fingerprint density at radius 2 is 1.96 bits per heavy atom. The summed E-state index contributed by atoms with van der Waals surface area (Å²) in [7, 11) is 0. The highest BCUT2D eigenvalue weighted by Gasteiger charge is 2.21. The molecule has 1 aromatic carbocycles. The summed E-state index contributed by atoms with van der Waals surface area (Å²) in [6.07, 6.45) is 2.42. The van der Waals surface area contributed by atoms with Crippen LogP contribution in [0.2, 0.25) is 5.02 Å². The zero-order valence-electron chi connectivity index (χ0n) is 16.5. The molecule has 0 aliphatic carbocycles. The zero-order chi connectivity index (χ0) is 19.8. The van der Waals surface area contributed by atoms with E-state index in [2.05, 4.69) is 20.5 Å². The maximum absolute atomic E-state index is 12.6. The molecule has 2 saturated heterocycles. The minimum absolute atomic E-state index is 0.0603. The van der Waals surface area contributed by atoms with Crippen molar-refractivity contribution >= 4 is 29.2 Å². The Kier molecular flexibility index (Phi) is 7.80. The molecule has 0 aromatic heterocycles. The molecule has 3 rings (SSSR count). The van der Waals surface area contributed by atoms with Crippen molar-refractivity contribution in [1.29, 1.82) is 0 Å². The lowest BCUT2D eigenvalue weighted by atomic mass is 10.2. The maximum Gasteiger partial charge on any atom is 0.244 e. The van der Waals surface area contributed by atoms with Gasteiger partial charge in [0.1, 0.15) is 6.54 Å². The number of ether oxygens (including phenoxy) is 1. The van der Waals surface area contributed by atoms with E-state index in [1.165, 1.54) is 0 Å². The Balaban J connectivity index is 1.45. The number of guanidine groups is 1. The van der Waals surface area contributed by atoms with Crippen LogP contribution >= 0.6 is 11.6 Å². The molecule has 0 bridgehead atoms. The predicted octanol–water partition coefficient (Wildman–Crippen LogP) is 1.72. The quantitative estimate of drug-likeness (QED) is 0.555. The van der Waals surface area contributed by atoms with Gasteiger partial charge < -0.3 is 25.2 Å². The van der Waals surface area contributed by atoms with Gasteiger partial charge in [-0.25, -0.2) is 4.99 Å². The first-order chi connectivity index (χ1) is 13.7. The van der Waals surface area contributed by atoms with Gasteiger partial charge in [0.2, 0.25) is 5.91 Å². The number of piperazine rings is 1. The molecule has 0 saturated carbocycles. The highest BCUT2D eigenvalue weighted by Crippen LogP contribution is 2.19. The van der Waals surface area contributed by atoms with E-state index in [0.29, 0.717) is 19.0 Å². The van der Waals surface area contributed by atoms with Gasteiger partial charge in [0.05, 0.1) is 6.10 Å². The normalized spacial score (nSPS) is 20.4. The molecule has 7 nitrogen and oxygen atoms in total. The van der Waals surface area contributed by atoms with E-state index in [1.54, 1.807) is 0 Å². The lowest BCUT2D eigenvalue weighted by Crippen LogP contribution is -2.49. The van der Waals surface area contributed by atoms with E-state index >= 15 is 0 Å². The van der Waals surface area contributed by atoms with Gasteiger partial charge >= 0.3 is 0 Å². The van der Waals surface area contributed by atoms with E-state index in [-0.39, 0.29) is 18.6 Å². The minimum atomic E-state index is 0.0603. The van der Waals surface area contributed by atoms with Crippen molar-refractivity contribution in [1.82, 2.24) is 15.5 Å². The van der Waals surface area contributed by atoms with Gasteiger partial charge in [0.25, 0.3) is 0 Å². The molecule has 1 aromatic rings. The van der Waals surface area contributed by atoms with Gasteiger partial charge in [0.15, 0.2) is 5.96 Å². The van der Waals surface area contributed by atoms with E-state index in [4.69, 9.17) is 16.3 Å². The molecule has 28 heavy (non-hydrogen) atoms. The Hall–Kier alpha value is -1.99. The summed E-state index contributed by atoms with van der Waals surface area (Å²) in [5.41, 5.74) is 1.14. The smallest absolute Gasteiger partial charge is 0.244 e.